The van der Waals surface area contributed by atoms with Gasteiger partial charge in [-0.1, -0.05) is 0 Å². The van der Waals surface area contributed by atoms with Gasteiger partial charge in [-0.05, 0) is 0 Å². The lowest BCUT2D eigenvalue weighted by atomic mass is 10.4. The van der Waals surface area contributed by atoms with E-state index in [-0.39, 0.29) is 38.5 Å². The highest BCUT2D eigenvalue weighted by Crippen LogP contribution is 1.87. The fraction of sp³-hybridized carbons (Fsp3) is 0.857. The third-order valence-electron chi connectivity index (χ3n) is 2.73. The molecule has 154 valence electrons. The maximum Gasteiger partial charge on any atom is 0.305 e. The van der Waals surface area contributed by atoms with Crippen LogP contribution in [0.25, 0.3) is 0 Å². The highest BCUT2D eigenvalue weighted by atomic mass is 32.2. The molecule has 26 heavy (non-hydrogen) atoms. The number of hydrogen-bond donors (Lipinski definition) is 3. The molecule has 0 atom stereocenters. The van der Waals surface area contributed by atoms with Crippen LogP contribution in [0.3, 0.4) is 0 Å². The number of hydrogen-bond acceptors (Lipinski definition) is 8. The van der Waals surface area contributed by atoms with Crippen LogP contribution in [0.15, 0.2) is 0 Å². The van der Waals surface area contributed by atoms with E-state index in [1.54, 1.807) is 0 Å². The summed E-state index contributed by atoms with van der Waals surface area (Å²) in [6, 6.07) is 0. The van der Waals surface area contributed by atoms with Crippen molar-refractivity contribution < 1.29 is 46.6 Å². The molecule has 0 radical (unpaired) electrons. The van der Waals surface area contributed by atoms with E-state index in [1.165, 1.54) is 0 Å². The standard InChI is InChI=1S/C14H27NO10S/c16-13(15-3-12-26(19,20)21)1-4-22-6-8-24-10-11-25-9-7-23-5-2-14(17)18/h1-12H2,(H,15,16)(H,17,18)(H,19,20,21). The van der Waals surface area contributed by atoms with Gasteiger partial charge in [0.05, 0.1) is 65.0 Å². The average Bonchev–Trinajstić information content (AvgIpc) is 2.53. The van der Waals surface area contributed by atoms with Crippen molar-refractivity contribution in [2.75, 3.05) is 65.2 Å². The van der Waals surface area contributed by atoms with E-state index in [9.17, 15) is 18.0 Å². The van der Waals surface area contributed by atoms with Crippen molar-refractivity contribution in [3.05, 3.63) is 0 Å². The van der Waals surface area contributed by atoms with E-state index in [1.807, 2.05) is 0 Å². The van der Waals surface area contributed by atoms with Crippen molar-refractivity contribution in [1.29, 1.82) is 0 Å². The van der Waals surface area contributed by atoms with Gasteiger partial charge in [0.25, 0.3) is 10.1 Å². The molecule has 3 N–H and O–H groups in total. The van der Waals surface area contributed by atoms with Crippen molar-refractivity contribution in [2.45, 2.75) is 12.8 Å². The van der Waals surface area contributed by atoms with Crippen molar-refractivity contribution in [3.63, 3.8) is 0 Å². The molecular weight excluding hydrogens is 374 g/mol. The number of carbonyl (C=O) groups excluding carboxylic acids is 1. The van der Waals surface area contributed by atoms with E-state index in [0.717, 1.165) is 0 Å². The summed E-state index contributed by atoms with van der Waals surface area (Å²) in [7, 11) is -4.07. The van der Waals surface area contributed by atoms with Gasteiger partial charge in [-0.3, -0.25) is 14.1 Å². The molecule has 0 aromatic heterocycles. The number of carboxylic acids is 1. The first-order valence-corrected chi connectivity index (χ1v) is 9.67. The van der Waals surface area contributed by atoms with Crippen LogP contribution in [0.4, 0.5) is 0 Å². The first-order chi connectivity index (χ1) is 12.3. The Balaban J connectivity index is 3.21. The lowest BCUT2D eigenvalue weighted by molar-refractivity contribution is -0.138. The summed E-state index contributed by atoms with van der Waals surface area (Å²) in [5, 5.41) is 10.7. The van der Waals surface area contributed by atoms with Gasteiger partial charge in [-0.25, -0.2) is 0 Å². The average molecular weight is 401 g/mol. The summed E-state index contributed by atoms with van der Waals surface area (Å²) in [6.45, 7) is 2.24. The number of nitrogens with one attached hydrogen (secondary N) is 1. The maximum absolute atomic E-state index is 11.3. The second-order valence-electron chi connectivity index (χ2n) is 4.98. The zero-order valence-electron chi connectivity index (χ0n) is 14.6. The van der Waals surface area contributed by atoms with E-state index in [2.05, 4.69) is 5.32 Å². The summed E-state index contributed by atoms with van der Waals surface area (Å²) in [5.41, 5.74) is 0. The van der Waals surface area contributed by atoms with Gasteiger partial charge in [0.15, 0.2) is 0 Å². The number of carboxylic acid groups (broad SMARTS) is 1. The monoisotopic (exact) mass is 401 g/mol. The number of ether oxygens (including phenoxy) is 4. The van der Waals surface area contributed by atoms with Gasteiger partial charge in [0.1, 0.15) is 0 Å². The molecule has 0 aliphatic carbocycles. The van der Waals surface area contributed by atoms with Crippen LogP contribution in [0.2, 0.25) is 0 Å². The van der Waals surface area contributed by atoms with Gasteiger partial charge < -0.3 is 29.4 Å². The van der Waals surface area contributed by atoms with Gasteiger partial charge in [-0.15, -0.1) is 0 Å². The lowest BCUT2D eigenvalue weighted by Crippen LogP contribution is -2.29. The van der Waals surface area contributed by atoms with Crippen molar-refractivity contribution in [2.24, 2.45) is 0 Å². The first kappa shape index (κ1) is 24.7. The Hall–Kier alpha value is -1.31. The SMILES string of the molecule is O=C(O)CCOCCOCCOCCOCCC(=O)NCCS(=O)(=O)O. The van der Waals surface area contributed by atoms with E-state index < -0.39 is 21.8 Å². The molecule has 0 saturated heterocycles. The maximum atomic E-state index is 11.3. The molecule has 0 aliphatic heterocycles. The zero-order chi connectivity index (χ0) is 19.7. The third kappa shape index (κ3) is 20.7. The van der Waals surface area contributed by atoms with Crippen LogP contribution in [0, 0.1) is 0 Å². The molecule has 1 amide bonds. The second-order valence-corrected chi connectivity index (χ2v) is 6.55. The van der Waals surface area contributed by atoms with Gasteiger partial charge in [0.2, 0.25) is 5.91 Å². The summed E-state index contributed by atoms with van der Waals surface area (Å²) in [5.74, 6) is -1.79. The van der Waals surface area contributed by atoms with Crippen LogP contribution in [0.1, 0.15) is 12.8 Å². The van der Waals surface area contributed by atoms with Gasteiger partial charge in [0, 0.05) is 13.0 Å². The largest absolute Gasteiger partial charge is 0.481 e. The number of rotatable bonds is 18. The molecule has 0 bridgehead atoms. The number of carbonyl (C=O) groups is 2. The topological polar surface area (TPSA) is 158 Å². The molecule has 0 unspecified atom stereocenters. The molecule has 12 heteroatoms. The Morgan fingerprint density at radius 3 is 1.62 bits per heavy atom. The normalized spacial score (nSPS) is 11.4. The fourth-order valence-corrected chi connectivity index (χ4v) is 1.85. The number of aliphatic carboxylic acids is 1. The number of amides is 1. The summed E-state index contributed by atoms with van der Waals surface area (Å²) in [4.78, 5) is 21.5. The van der Waals surface area contributed by atoms with Crippen LogP contribution < -0.4 is 5.32 Å². The van der Waals surface area contributed by atoms with Crippen LogP contribution >= 0.6 is 0 Å². The van der Waals surface area contributed by atoms with Crippen LogP contribution in [-0.2, 0) is 38.7 Å². The summed E-state index contributed by atoms with van der Waals surface area (Å²) >= 11 is 0. The van der Waals surface area contributed by atoms with Crippen LogP contribution in [0.5, 0.6) is 0 Å². The molecule has 0 fully saturated rings. The highest BCUT2D eigenvalue weighted by Gasteiger charge is 2.06. The summed E-state index contributed by atoms with van der Waals surface area (Å²) < 4.78 is 50.1. The Morgan fingerprint density at radius 1 is 0.769 bits per heavy atom. The minimum Gasteiger partial charge on any atom is -0.481 e. The molecule has 0 spiro atoms. The third-order valence-corrected chi connectivity index (χ3v) is 3.45. The molecule has 0 aliphatic rings. The molecular formula is C14H27NO10S. The molecule has 0 aromatic carbocycles. The fourth-order valence-electron chi connectivity index (χ4n) is 1.49. The molecule has 0 saturated carbocycles. The first-order valence-electron chi connectivity index (χ1n) is 8.06. The van der Waals surface area contributed by atoms with E-state index in [4.69, 9.17) is 28.6 Å². The molecule has 0 rings (SSSR count). The molecule has 0 aromatic rings. The predicted molar refractivity (Wildman–Crippen MR) is 89.6 cm³/mol. The molecule has 0 heterocycles. The van der Waals surface area contributed by atoms with Crippen LogP contribution in [-0.4, -0.2) is 95.1 Å². The predicted octanol–water partition coefficient (Wildman–Crippen LogP) is -1.08. The Labute approximate surface area is 152 Å². The molecule has 11 nitrogen and oxygen atoms in total. The van der Waals surface area contributed by atoms with E-state index in [0.29, 0.717) is 39.6 Å². The van der Waals surface area contributed by atoms with Crippen molar-refractivity contribution in [1.82, 2.24) is 5.32 Å². The highest BCUT2D eigenvalue weighted by molar-refractivity contribution is 7.85. The lowest BCUT2D eigenvalue weighted by Gasteiger charge is -2.07. The minimum atomic E-state index is -4.07. The van der Waals surface area contributed by atoms with Gasteiger partial charge >= 0.3 is 5.97 Å². The minimum absolute atomic E-state index is 0.0324. The summed E-state index contributed by atoms with van der Waals surface area (Å²) in [6.07, 6.45) is 0.0474. The Bertz CT molecular complexity index is 482. The van der Waals surface area contributed by atoms with Crippen molar-refractivity contribution >= 4 is 22.0 Å². The van der Waals surface area contributed by atoms with E-state index >= 15 is 0 Å². The van der Waals surface area contributed by atoms with Gasteiger partial charge in [-0.2, -0.15) is 8.42 Å². The Morgan fingerprint density at radius 2 is 1.19 bits per heavy atom. The quantitative estimate of drug-likeness (QED) is 0.191. The van der Waals surface area contributed by atoms with Crippen molar-refractivity contribution in [3.8, 4) is 0 Å². The Kier molecular flexibility index (Phi) is 15.1. The smallest absolute Gasteiger partial charge is 0.305 e. The zero-order valence-corrected chi connectivity index (χ0v) is 15.4. The second kappa shape index (κ2) is 15.9.